The molecule has 0 fully saturated rings. The lowest BCUT2D eigenvalue weighted by Gasteiger charge is -2.15. The van der Waals surface area contributed by atoms with E-state index in [1.165, 1.54) is 26.2 Å². The Bertz CT molecular complexity index is 1090. The molecule has 0 saturated heterocycles. The fourth-order valence-electron chi connectivity index (χ4n) is 3.03. The summed E-state index contributed by atoms with van der Waals surface area (Å²) in [5.41, 5.74) is 1.27. The third-order valence-electron chi connectivity index (χ3n) is 4.56. The Balaban J connectivity index is 1.82. The van der Waals surface area contributed by atoms with Crippen LogP contribution in [-0.4, -0.2) is 48.0 Å². The molecule has 0 aliphatic carbocycles. The normalized spacial score (nSPS) is 11.8. The van der Waals surface area contributed by atoms with Crippen LogP contribution in [0.25, 0.3) is 10.9 Å². The minimum Gasteiger partial charge on any atom is -0.451 e. The van der Waals surface area contributed by atoms with Gasteiger partial charge in [0.1, 0.15) is 0 Å². The molecule has 0 aliphatic rings. The number of nitro benzene ring substituents is 1. The molecular formula is C21H21N3O6. The molecule has 0 bridgehead atoms. The predicted molar refractivity (Wildman–Crippen MR) is 111 cm³/mol. The Labute approximate surface area is 172 Å². The number of H-pyrrole nitrogens is 1. The van der Waals surface area contributed by atoms with Gasteiger partial charge in [0.15, 0.2) is 6.10 Å². The number of hydrogen-bond donors (Lipinski definition) is 2. The van der Waals surface area contributed by atoms with E-state index < -0.39 is 17.0 Å². The van der Waals surface area contributed by atoms with Gasteiger partial charge in [0, 0.05) is 54.1 Å². The van der Waals surface area contributed by atoms with Crippen LogP contribution in [0.5, 0.6) is 0 Å². The molecule has 0 radical (unpaired) electrons. The zero-order valence-electron chi connectivity index (χ0n) is 16.5. The smallest absolute Gasteiger partial charge is 0.341 e. The monoisotopic (exact) mass is 411 g/mol. The van der Waals surface area contributed by atoms with Crippen molar-refractivity contribution >= 4 is 34.0 Å². The number of non-ortho nitro benzene ring substituents is 1. The van der Waals surface area contributed by atoms with E-state index >= 15 is 0 Å². The minimum atomic E-state index is -1.08. The van der Waals surface area contributed by atoms with E-state index in [9.17, 15) is 19.7 Å². The summed E-state index contributed by atoms with van der Waals surface area (Å²) in [5, 5.41) is 14.8. The quantitative estimate of drug-likeness (QED) is 0.181. The summed E-state index contributed by atoms with van der Waals surface area (Å²) in [4.78, 5) is 39.1. The van der Waals surface area contributed by atoms with Crippen molar-refractivity contribution in [1.29, 1.82) is 0 Å². The van der Waals surface area contributed by atoms with Crippen molar-refractivity contribution < 1.29 is 24.0 Å². The van der Waals surface area contributed by atoms with Gasteiger partial charge in [-0.1, -0.05) is 18.2 Å². The van der Waals surface area contributed by atoms with Crippen molar-refractivity contribution in [2.45, 2.75) is 13.0 Å². The number of rotatable bonds is 9. The van der Waals surface area contributed by atoms with Crippen molar-refractivity contribution in [1.82, 2.24) is 4.98 Å². The molecule has 0 spiro atoms. The summed E-state index contributed by atoms with van der Waals surface area (Å²) in [6.07, 6.45) is 0.491. The molecule has 0 aliphatic heterocycles. The van der Waals surface area contributed by atoms with Gasteiger partial charge in [0.05, 0.1) is 17.1 Å². The van der Waals surface area contributed by atoms with Gasteiger partial charge < -0.3 is 19.8 Å². The Morgan fingerprint density at radius 1 is 1.20 bits per heavy atom. The van der Waals surface area contributed by atoms with Crippen molar-refractivity contribution in [3.8, 4) is 0 Å². The number of aromatic amines is 1. The Morgan fingerprint density at radius 2 is 1.97 bits per heavy atom. The second-order valence-electron chi connectivity index (χ2n) is 6.57. The standard InChI is InChI=1S/C21H21N3O6/c1-13(20(25)17-12-23-18-6-4-3-5-15(17)18)30-21(26)16-11-14(24(27)28)7-8-19(16)22-9-10-29-2/h3-8,11-13,22-23H,9-10H2,1-2H3/t13-/m1/s1. The summed E-state index contributed by atoms with van der Waals surface area (Å²) >= 11 is 0. The molecule has 2 N–H and O–H groups in total. The minimum absolute atomic E-state index is 0.0288. The first-order chi connectivity index (χ1) is 14.4. The highest BCUT2D eigenvalue weighted by molar-refractivity contribution is 6.10. The number of carbonyl (C=O) groups is 2. The molecule has 2 aromatic carbocycles. The van der Waals surface area contributed by atoms with Gasteiger partial charge in [-0.2, -0.15) is 0 Å². The number of methoxy groups -OCH3 is 1. The highest BCUT2D eigenvalue weighted by Crippen LogP contribution is 2.25. The van der Waals surface area contributed by atoms with Crippen LogP contribution in [0.3, 0.4) is 0 Å². The number of esters is 1. The number of nitro groups is 1. The second-order valence-corrected chi connectivity index (χ2v) is 6.57. The largest absolute Gasteiger partial charge is 0.451 e. The third kappa shape index (κ3) is 4.47. The molecule has 1 heterocycles. The van der Waals surface area contributed by atoms with Crippen LogP contribution < -0.4 is 5.32 Å². The second kappa shape index (κ2) is 9.19. The van der Waals surface area contributed by atoms with Gasteiger partial charge in [0.25, 0.3) is 5.69 Å². The van der Waals surface area contributed by atoms with Gasteiger partial charge >= 0.3 is 5.97 Å². The topological polar surface area (TPSA) is 124 Å². The van der Waals surface area contributed by atoms with Crippen molar-refractivity contribution in [3.05, 3.63) is 69.9 Å². The Hall–Kier alpha value is -3.72. The summed E-state index contributed by atoms with van der Waals surface area (Å²) in [7, 11) is 1.53. The summed E-state index contributed by atoms with van der Waals surface area (Å²) in [6, 6.07) is 11.1. The number of nitrogens with one attached hydrogen (secondary N) is 2. The van der Waals surface area contributed by atoms with E-state index in [1.807, 2.05) is 18.2 Å². The average Bonchev–Trinajstić information content (AvgIpc) is 3.17. The SMILES string of the molecule is COCCNc1ccc([N+](=O)[O-])cc1C(=O)O[C@H](C)C(=O)c1c[nH]c2ccccc12. The summed E-state index contributed by atoms with van der Waals surface area (Å²) in [6.45, 7) is 2.23. The number of benzene rings is 2. The van der Waals surface area contributed by atoms with E-state index in [2.05, 4.69) is 10.3 Å². The number of hydrogen-bond acceptors (Lipinski definition) is 7. The van der Waals surface area contributed by atoms with Crippen molar-refractivity contribution in [2.75, 3.05) is 25.6 Å². The molecule has 0 unspecified atom stereocenters. The number of Topliss-reactive ketones (excluding diaryl/α,β-unsaturated/α-hetero) is 1. The van der Waals surface area contributed by atoms with Gasteiger partial charge in [-0.05, 0) is 19.1 Å². The average molecular weight is 411 g/mol. The predicted octanol–water partition coefficient (Wildman–Crippen LogP) is 3.56. The number of fused-ring (bicyclic) bond motifs is 1. The Kier molecular flexibility index (Phi) is 6.43. The third-order valence-corrected chi connectivity index (χ3v) is 4.56. The van der Waals surface area contributed by atoms with Crippen LogP contribution in [0, 0.1) is 10.1 Å². The van der Waals surface area contributed by atoms with E-state index in [-0.39, 0.29) is 17.0 Å². The summed E-state index contributed by atoms with van der Waals surface area (Å²) in [5.74, 6) is -1.21. The molecule has 0 saturated carbocycles. The highest BCUT2D eigenvalue weighted by atomic mass is 16.6. The first-order valence-corrected chi connectivity index (χ1v) is 9.25. The molecule has 3 rings (SSSR count). The molecule has 1 atom stereocenters. The molecule has 1 aromatic heterocycles. The van der Waals surface area contributed by atoms with E-state index in [4.69, 9.17) is 9.47 Å². The first kappa shape index (κ1) is 21.0. The van der Waals surface area contributed by atoms with Gasteiger partial charge in [-0.25, -0.2) is 4.79 Å². The van der Waals surface area contributed by atoms with Crippen molar-refractivity contribution in [3.63, 3.8) is 0 Å². The molecule has 0 amide bonds. The van der Waals surface area contributed by atoms with Crippen molar-refractivity contribution in [2.24, 2.45) is 0 Å². The fourth-order valence-corrected chi connectivity index (χ4v) is 3.03. The van der Waals surface area contributed by atoms with E-state index in [0.717, 1.165) is 17.0 Å². The van der Waals surface area contributed by atoms with Gasteiger partial charge in [-0.15, -0.1) is 0 Å². The zero-order valence-corrected chi connectivity index (χ0v) is 16.5. The maximum atomic E-state index is 12.8. The number of carbonyl (C=O) groups excluding carboxylic acids is 2. The lowest BCUT2D eigenvalue weighted by Crippen LogP contribution is -2.25. The van der Waals surface area contributed by atoms with Crippen LogP contribution in [0.15, 0.2) is 48.7 Å². The lowest BCUT2D eigenvalue weighted by molar-refractivity contribution is -0.384. The zero-order chi connectivity index (χ0) is 21.7. The molecule has 9 heteroatoms. The summed E-state index contributed by atoms with van der Waals surface area (Å²) < 4.78 is 10.3. The molecule has 9 nitrogen and oxygen atoms in total. The van der Waals surface area contributed by atoms with Crippen LogP contribution in [0.1, 0.15) is 27.6 Å². The number of aromatic nitrogens is 1. The first-order valence-electron chi connectivity index (χ1n) is 9.25. The van der Waals surface area contributed by atoms with E-state index in [1.54, 1.807) is 12.3 Å². The molecule has 156 valence electrons. The van der Waals surface area contributed by atoms with Crippen LogP contribution in [0.4, 0.5) is 11.4 Å². The van der Waals surface area contributed by atoms with Gasteiger partial charge in [-0.3, -0.25) is 14.9 Å². The number of ketones is 1. The molecular weight excluding hydrogens is 390 g/mol. The maximum Gasteiger partial charge on any atom is 0.341 e. The van der Waals surface area contributed by atoms with Crippen LogP contribution in [0.2, 0.25) is 0 Å². The molecule has 3 aromatic rings. The number of ether oxygens (including phenoxy) is 2. The molecule has 30 heavy (non-hydrogen) atoms. The lowest BCUT2D eigenvalue weighted by atomic mass is 10.1. The van der Waals surface area contributed by atoms with Gasteiger partial charge in [0.2, 0.25) is 5.78 Å². The van der Waals surface area contributed by atoms with E-state index in [0.29, 0.717) is 24.4 Å². The maximum absolute atomic E-state index is 12.8. The number of anilines is 1. The Morgan fingerprint density at radius 3 is 2.70 bits per heavy atom. The fraction of sp³-hybridized carbons (Fsp3) is 0.238. The highest BCUT2D eigenvalue weighted by Gasteiger charge is 2.25. The van der Waals surface area contributed by atoms with Crippen LogP contribution >= 0.6 is 0 Å². The number of nitrogens with zero attached hydrogens (tertiary/aromatic N) is 1. The number of para-hydroxylation sites is 1. The van der Waals surface area contributed by atoms with Crippen LogP contribution in [-0.2, 0) is 9.47 Å².